The summed E-state index contributed by atoms with van der Waals surface area (Å²) in [5.74, 6) is 1.63. The molecule has 1 aromatic carbocycles. The van der Waals surface area contributed by atoms with Crippen molar-refractivity contribution < 1.29 is 9.47 Å². The number of methoxy groups -OCH3 is 2. The Morgan fingerprint density at radius 2 is 2.06 bits per heavy atom. The molecule has 0 radical (unpaired) electrons. The Hall–Kier alpha value is -1.68. The average molecular weight is 220 g/mol. The minimum Gasteiger partial charge on any atom is -0.497 e. The minimum atomic E-state index is 0.598. The molecule has 4 nitrogen and oxygen atoms in total. The number of fused-ring (bicyclic) bond motifs is 1. The summed E-state index contributed by atoms with van der Waals surface area (Å²) in [6.45, 7) is 0.598. The van der Waals surface area contributed by atoms with Gasteiger partial charge in [0.2, 0.25) is 0 Å². The topological polar surface area (TPSA) is 60.3 Å². The van der Waals surface area contributed by atoms with E-state index in [1.54, 1.807) is 14.2 Å². The molecule has 0 fully saturated rings. The summed E-state index contributed by atoms with van der Waals surface area (Å²) in [5.41, 5.74) is 7.76. The van der Waals surface area contributed by atoms with E-state index in [9.17, 15) is 0 Å². The van der Waals surface area contributed by atoms with Gasteiger partial charge in [0.05, 0.1) is 14.2 Å². The van der Waals surface area contributed by atoms with Gasteiger partial charge in [-0.3, -0.25) is 0 Å². The van der Waals surface area contributed by atoms with Crippen LogP contribution in [-0.2, 0) is 6.42 Å². The third kappa shape index (κ3) is 1.72. The molecular formula is C12H16N2O2. The molecule has 0 atom stereocenters. The zero-order valence-corrected chi connectivity index (χ0v) is 9.54. The number of aromatic amines is 1. The van der Waals surface area contributed by atoms with Crippen LogP contribution in [0.5, 0.6) is 11.6 Å². The molecular weight excluding hydrogens is 204 g/mol. The standard InChI is InChI=1S/C12H16N2O2/c1-15-8-3-4-11-10(7-8)9(5-6-13)12(14-11)16-2/h3-4,7,14H,5-6,13H2,1-2H3. The predicted molar refractivity (Wildman–Crippen MR) is 64.2 cm³/mol. The lowest BCUT2D eigenvalue weighted by Gasteiger charge is -2.02. The van der Waals surface area contributed by atoms with E-state index in [1.807, 2.05) is 18.2 Å². The second kappa shape index (κ2) is 4.45. The number of hydrogen-bond donors (Lipinski definition) is 2. The van der Waals surface area contributed by atoms with Gasteiger partial charge in [0.1, 0.15) is 5.75 Å². The first-order valence-electron chi connectivity index (χ1n) is 5.22. The first-order chi connectivity index (χ1) is 7.80. The first-order valence-corrected chi connectivity index (χ1v) is 5.22. The Morgan fingerprint density at radius 1 is 1.25 bits per heavy atom. The van der Waals surface area contributed by atoms with Crippen LogP contribution in [0.15, 0.2) is 18.2 Å². The third-order valence-corrected chi connectivity index (χ3v) is 2.67. The lowest BCUT2D eigenvalue weighted by atomic mass is 10.1. The van der Waals surface area contributed by atoms with E-state index in [0.29, 0.717) is 6.54 Å². The maximum atomic E-state index is 5.60. The zero-order valence-electron chi connectivity index (χ0n) is 9.54. The number of hydrogen-bond acceptors (Lipinski definition) is 3. The van der Waals surface area contributed by atoms with Crippen molar-refractivity contribution in [3.05, 3.63) is 23.8 Å². The predicted octanol–water partition coefficient (Wildman–Crippen LogP) is 1.69. The van der Waals surface area contributed by atoms with Gasteiger partial charge in [0.25, 0.3) is 0 Å². The van der Waals surface area contributed by atoms with Crippen LogP contribution in [0.3, 0.4) is 0 Å². The molecule has 1 aromatic heterocycles. The first kappa shape index (κ1) is 10.8. The summed E-state index contributed by atoms with van der Waals surface area (Å²) in [5, 5.41) is 1.11. The number of benzene rings is 1. The van der Waals surface area contributed by atoms with Gasteiger partial charge in [-0.25, -0.2) is 0 Å². The molecule has 2 aromatic rings. The number of rotatable bonds is 4. The van der Waals surface area contributed by atoms with Crippen molar-refractivity contribution in [2.75, 3.05) is 20.8 Å². The minimum absolute atomic E-state index is 0.598. The molecule has 0 aliphatic rings. The molecule has 0 spiro atoms. The summed E-state index contributed by atoms with van der Waals surface area (Å²) >= 11 is 0. The number of aromatic nitrogens is 1. The SMILES string of the molecule is COc1ccc2[nH]c(OC)c(CCN)c2c1. The maximum absolute atomic E-state index is 5.60. The molecule has 86 valence electrons. The van der Waals surface area contributed by atoms with Crippen molar-refractivity contribution in [3.63, 3.8) is 0 Å². The molecule has 16 heavy (non-hydrogen) atoms. The average Bonchev–Trinajstić information content (AvgIpc) is 2.67. The summed E-state index contributed by atoms with van der Waals surface area (Å²) < 4.78 is 10.5. The fourth-order valence-electron chi connectivity index (χ4n) is 1.90. The van der Waals surface area contributed by atoms with Crippen LogP contribution >= 0.6 is 0 Å². The van der Waals surface area contributed by atoms with Gasteiger partial charge in [-0.1, -0.05) is 0 Å². The van der Waals surface area contributed by atoms with Crippen LogP contribution in [0.25, 0.3) is 10.9 Å². The molecule has 0 amide bonds. The van der Waals surface area contributed by atoms with Crippen LogP contribution in [0.1, 0.15) is 5.56 Å². The van der Waals surface area contributed by atoms with E-state index < -0.39 is 0 Å². The number of nitrogens with two attached hydrogens (primary N) is 1. The number of nitrogens with one attached hydrogen (secondary N) is 1. The highest BCUT2D eigenvalue weighted by atomic mass is 16.5. The molecule has 0 aliphatic heterocycles. The van der Waals surface area contributed by atoms with Gasteiger partial charge in [0, 0.05) is 16.5 Å². The maximum Gasteiger partial charge on any atom is 0.194 e. The Bertz CT molecular complexity index is 491. The fourth-order valence-corrected chi connectivity index (χ4v) is 1.90. The molecule has 4 heteroatoms. The molecule has 0 saturated heterocycles. The van der Waals surface area contributed by atoms with Crippen molar-refractivity contribution in [3.8, 4) is 11.6 Å². The third-order valence-electron chi connectivity index (χ3n) is 2.67. The Kier molecular flexibility index (Phi) is 3.01. The Morgan fingerprint density at radius 3 is 2.69 bits per heavy atom. The van der Waals surface area contributed by atoms with E-state index in [4.69, 9.17) is 15.2 Å². The highest BCUT2D eigenvalue weighted by Crippen LogP contribution is 2.30. The smallest absolute Gasteiger partial charge is 0.194 e. The van der Waals surface area contributed by atoms with Crippen LogP contribution < -0.4 is 15.2 Å². The number of H-pyrrole nitrogens is 1. The van der Waals surface area contributed by atoms with E-state index in [0.717, 1.165) is 34.5 Å². The second-order valence-corrected chi connectivity index (χ2v) is 3.59. The van der Waals surface area contributed by atoms with Crippen molar-refractivity contribution in [2.24, 2.45) is 5.73 Å². The van der Waals surface area contributed by atoms with Gasteiger partial charge in [0.15, 0.2) is 5.88 Å². The highest BCUT2D eigenvalue weighted by molar-refractivity contribution is 5.87. The van der Waals surface area contributed by atoms with Gasteiger partial charge in [-0.2, -0.15) is 0 Å². The van der Waals surface area contributed by atoms with Crippen molar-refractivity contribution in [1.29, 1.82) is 0 Å². The zero-order chi connectivity index (χ0) is 11.5. The molecule has 2 rings (SSSR count). The molecule has 3 N–H and O–H groups in total. The van der Waals surface area contributed by atoms with Crippen LogP contribution in [-0.4, -0.2) is 25.7 Å². The summed E-state index contributed by atoms with van der Waals surface area (Å²) in [6, 6.07) is 5.90. The van der Waals surface area contributed by atoms with Gasteiger partial charge in [-0.15, -0.1) is 0 Å². The summed E-state index contributed by atoms with van der Waals surface area (Å²) in [7, 11) is 3.32. The summed E-state index contributed by atoms with van der Waals surface area (Å²) in [6.07, 6.45) is 0.788. The summed E-state index contributed by atoms with van der Waals surface area (Å²) in [4.78, 5) is 3.22. The van der Waals surface area contributed by atoms with Gasteiger partial charge in [-0.05, 0) is 31.2 Å². The largest absolute Gasteiger partial charge is 0.497 e. The van der Waals surface area contributed by atoms with E-state index in [-0.39, 0.29) is 0 Å². The normalized spacial score (nSPS) is 10.7. The van der Waals surface area contributed by atoms with Crippen LogP contribution in [0, 0.1) is 0 Å². The lowest BCUT2D eigenvalue weighted by Crippen LogP contribution is -2.03. The van der Waals surface area contributed by atoms with Crippen molar-refractivity contribution in [1.82, 2.24) is 4.98 Å². The lowest BCUT2D eigenvalue weighted by molar-refractivity contribution is 0.397. The fraction of sp³-hybridized carbons (Fsp3) is 0.333. The molecule has 0 bridgehead atoms. The van der Waals surface area contributed by atoms with Gasteiger partial charge < -0.3 is 20.2 Å². The monoisotopic (exact) mass is 220 g/mol. The van der Waals surface area contributed by atoms with E-state index >= 15 is 0 Å². The Balaban J connectivity index is 2.60. The van der Waals surface area contributed by atoms with E-state index in [1.165, 1.54) is 0 Å². The van der Waals surface area contributed by atoms with Crippen LogP contribution in [0.2, 0.25) is 0 Å². The molecule has 0 aliphatic carbocycles. The van der Waals surface area contributed by atoms with Crippen molar-refractivity contribution in [2.45, 2.75) is 6.42 Å². The molecule has 0 saturated carbocycles. The highest BCUT2D eigenvalue weighted by Gasteiger charge is 2.11. The van der Waals surface area contributed by atoms with Crippen LogP contribution in [0.4, 0.5) is 0 Å². The Labute approximate surface area is 94.3 Å². The van der Waals surface area contributed by atoms with Crippen molar-refractivity contribution >= 4 is 10.9 Å². The van der Waals surface area contributed by atoms with E-state index in [2.05, 4.69) is 4.98 Å². The van der Waals surface area contributed by atoms with Gasteiger partial charge >= 0.3 is 0 Å². The quantitative estimate of drug-likeness (QED) is 0.824. The molecule has 0 unspecified atom stereocenters. The number of ether oxygens (including phenoxy) is 2. The second-order valence-electron chi connectivity index (χ2n) is 3.59. The molecule has 1 heterocycles.